The normalized spacial score (nSPS) is 12.3. The Hall–Kier alpha value is -3.38. The van der Waals surface area contributed by atoms with Gasteiger partial charge in [0, 0.05) is 11.5 Å². The first kappa shape index (κ1) is 19.9. The second-order valence-corrected chi connectivity index (χ2v) is 9.01. The van der Waals surface area contributed by atoms with Crippen LogP contribution in [0.4, 0.5) is 5.69 Å². The number of benzene rings is 3. The summed E-state index contributed by atoms with van der Waals surface area (Å²) in [6.45, 7) is 3.94. The van der Waals surface area contributed by atoms with Gasteiger partial charge in [0.1, 0.15) is 16.2 Å². The van der Waals surface area contributed by atoms with E-state index < -0.39 is 9.84 Å². The first-order valence-corrected chi connectivity index (χ1v) is 10.9. The van der Waals surface area contributed by atoms with Gasteiger partial charge in [0.15, 0.2) is 0 Å². The van der Waals surface area contributed by atoms with E-state index in [0.717, 1.165) is 11.1 Å². The first-order valence-electron chi connectivity index (χ1n) is 9.42. The minimum Gasteiger partial charge on any atom is -0.497 e. The predicted octanol–water partition coefficient (Wildman–Crippen LogP) is 5.12. The molecule has 1 heterocycles. The summed E-state index contributed by atoms with van der Waals surface area (Å²) in [6, 6.07) is 20.9. The second-order valence-electron chi connectivity index (χ2n) is 7.09. The molecule has 4 rings (SSSR count). The van der Waals surface area contributed by atoms with Gasteiger partial charge >= 0.3 is 0 Å². The summed E-state index contributed by atoms with van der Waals surface area (Å²) in [5.41, 5.74) is 3.21. The van der Waals surface area contributed by atoms with Crippen molar-refractivity contribution in [1.82, 2.24) is 0 Å². The Kier molecular flexibility index (Phi) is 5.18. The summed E-state index contributed by atoms with van der Waals surface area (Å²) < 4.78 is 38.1. The number of hydrogen-bond acceptors (Lipinski definition) is 5. The Balaban J connectivity index is 2.05. The van der Waals surface area contributed by atoms with Crippen LogP contribution in [0.5, 0.6) is 5.75 Å². The molecule has 3 aromatic carbocycles. The third-order valence-corrected chi connectivity index (χ3v) is 6.47. The smallest absolute Gasteiger partial charge is 0.239 e. The minimum atomic E-state index is -3.84. The van der Waals surface area contributed by atoms with Crippen LogP contribution in [0.2, 0.25) is 0 Å². The van der Waals surface area contributed by atoms with Gasteiger partial charge in [0.25, 0.3) is 0 Å². The molecule has 0 saturated carbocycles. The van der Waals surface area contributed by atoms with Gasteiger partial charge in [-0.05, 0) is 67.4 Å². The van der Waals surface area contributed by atoms with E-state index in [-0.39, 0.29) is 15.3 Å². The minimum absolute atomic E-state index is 0.0190. The van der Waals surface area contributed by atoms with Crippen molar-refractivity contribution < 1.29 is 17.6 Å². The maximum Gasteiger partial charge on any atom is 0.239 e. The fourth-order valence-corrected chi connectivity index (χ4v) is 4.70. The molecule has 30 heavy (non-hydrogen) atoms. The molecule has 5 nitrogen and oxygen atoms in total. The molecule has 0 aliphatic carbocycles. The lowest BCUT2D eigenvalue weighted by Gasteiger charge is -2.08. The molecule has 4 aromatic rings. The zero-order chi connectivity index (χ0) is 21.3. The molecule has 6 heteroatoms. The highest BCUT2D eigenvalue weighted by Crippen LogP contribution is 2.25. The van der Waals surface area contributed by atoms with E-state index in [4.69, 9.17) is 9.15 Å². The Bertz CT molecular complexity index is 1380. The average Bonchev–Trinajstić information content (AvgIpc) is 2.72. The van der Waals surface area contributed by atoms with Crippen molar-refractivity contribution in [1.29, 1.82) is 0 Å². The van der Waals surface area contributed by atoms with Crippen LogP contribution < -0.4 is 10.3 Å². The maximum absolute atomic E-state index is 13.4. The van der Waals surface area contributed by atoms with Crippen LogP contribution >= 0.6 is 0 Å². The van der Waals surface area contributed by atoms with Crippen molar-refractivity contribution in [2.75, 3.05) is 7.11 Å². The number of ether oxygens (including phenoxy) is 1. The van der Waals surface area contributed by atoms with Gasteiger partial charge in [-0.2, -0.15) is 0 Å². The van der Waals surface area contributed by atoms with Gasteiger partial charge in [0.2, 0.25) is 15.4 Å². The molecule has 152 valence electrons. The van der Waals surface area contributed by atoms with E-state index in [9.17, 15) is 8.42 Å². The summed E-state index contributed by atoms with van der Waals surface area (Å²) in [5, 5.41) is 0.643. The van der Waals surface area contributed by atoms with Crippen LogP contribution in [0, 0.1) is 13.8 Å². The molecular weight excluding hydrogens is 398 g/mol. The van der Waals surface area contributed by atoms with Crippen LogP contribution in [-0.2, 0) is 9.84 Å². The van der Waals surface area contributed by atoms with Crippen molar-refractivity contribution in [3.63, 3.8) is 0 Å². The Labute approximate surface area is 175 Å². The van der Waals surface area contributed by atoms with Crippen LogP contribution in [0.1, 0.15) is 11.1 Å². The molecule has 0 saturated heterocycles. The number of rotatable bonds is 4. The molecule has 0 atom stereocenters. The SMILES string of the molecule is COc1ccc2cc(S(=O)(=O)c3ccccc3)c(=Nc3cc(C)cc(C)c3)oc2c1. The van der Waals surface area contributed by atoms with Crippen LogP contribution in [0.3, 0.4) is 0 Å². The van der Waals surface area contributed by atoms with Crippen molar-refractivity contribution in [3.05, 3.63) is 89.5 Å². The molecule has 0 amide bonds. The van der Waals surface area contributed by atoms with Gasteiger partial charge in [0.05, 0.1) is 17.7 Å². The highest BCUT2D eigenvalue weighted by molar-refractivity contribution is 7.91. The molecular formula is C24H21NO4S. The van der Waals surface area contributed by atoms with Crippen LogP contribution in [-0.4, -0.2) is 15.5 Å². The molecule has 1 aromatic heterocycles. The average molecular weight is 420 g/mol. The van der Waals surface area contributed by atoms with E-state index in [0.29, 0.717) is 22.4 Å². The molecule has 0 N–H and O–H groups in total. The molecule has 0 aliphatic heterocycles. The lowest BCUT2D eigenvalue weighted by atomic mass is 10.1. The highest BCUT2D eigenvalue weighted by atomic mass is 32.2. The lowest BCUT2D eigenvalue weighted by molar-refractivity contribution is 0.413. The monoisotopic (exact) mass is 419 g/mol. The molecule has 0 bridgehead atoms. The first-order chi connectivity index (χ1) is 14.4. The van der Waals surface area contributed by atoms with Crippen molar-refractivity contribution in [2.24, 2.45) is 4.99 Å². The fourth-order valence-electron chi connectivity index (χ4n) is 3.34. The van der Waals surface area contributed by atoms with Crippen molar-refractivity contribution in [2.45, 2.75) is 23.6 Å². The van der Waals surface area contributed by atoms with Crippen molar-refractivity contribution in [3.8, 4) is 5.75 Å². The van der Waals surface area contributed by atoms with Gasteiger partial charge in [-0.3, -0.25) is 0 Å². The van der Waals surface area contributed by atoms with Crippen LogP contribution in [0.15, 0.2) is 92.0 Å². The standard InChI is InChI=1S/C24H21NO4S/c1-16-11-17(2)13-19(12-16)25-24-23(30(26,27)21-7-5-4-6-8-21)14-18-9-10-20(28-3)15-22(18)29-24/h4-15H,1-3H3. The van der Waals surface area contributed by atoms with Gasteiger partial charge < -0.3 is 9.15 Å². The Morgan fingerprint density at radius 2 is 1.57 bits per heavy atom. The van der Waals surface area contributed by atoms with Gasteiger partial charge in [-0.15, -0.1) is 0 Å². The van der Waals surface area contributed by atoms with E-state index in [1.54, 1.807) is 61.7 Å². The summed E-state index contributed by atoms with van der Waals surface area (Å²) >= 11 is 0. The summed E-state index contributed by atoms with van der Waals surface area (Å²) in [6.07, 6.45) is 0. The highest BCUT2D eigenvalue weighted by Gasteiger charge is 2.22. The van der Waals surface area contributed by atoms with Gasteiger partial charge in [-0.1, -0.05) is 24.3 Å². The Morgan fingerprint density at radius 1 is 0.867 bits per heavy atom. The summed E-state index contributed by atoms with van der Waals surface area (Å²) in [7, 11) is -2.27. The number of fused-ring (bicyclic) bond motifs is 1. The number of sulfone groups is 1. The topological polar surface area (TPSA) is 68.9 Å². The zero-order valence-corrected chi connectivity index (χ0v) is 17.7. The number of hydrogen-bond donors (Lipinski definition) is 0. The summed E-state index contributed by atoms with van der Waals surface area (Å²) in [4.78, 5) is 4.78. The van der Waals surface area contributed by atoms with Crippen molar-refractivity contribution >= 4 is 26.5 Å². The third-order valence-electron chi connectivity index (χ3n) is 4.70. The molecule has 0 fully saturated rings. The quantitative estimate of drug-likeness (QED) is 0.460. The molecule has 0 radical (unpaired) electrons. The fraction of sp³-hybridized carbons (Fsp3) is 0.125. The van der Waals surface area contributed by atoms with E-state index in [1.807, 2.05) is 32.0 Å². The van der Waals surface area contributed by atoms with Gasteiger partial charge in [-0.25, -0.2) is 13.4 Å². The third kappa shape index (κ3) is 3.86. The maximum atomic E-state index is 13.4. The molecule has 0 aliphatic rings. The zero-order valence-electron chi connectivity index (χ0n) is 16.9. The largest absolute Gasteiger partial charge is 0.497 e. The van der Waals surface area contributed by atoms with E-state index in [2.05, 4.69) is 4.99 Å². The lowest BCUT2D eigenvalue weighted by Crippen LogP contribution is -2.15. The van der Waals surface area contributed by atoms with E-state index >= 15 is 0 Å². The predicted molar refractivity (Wildman–Crippen MR) is 116 cm³/mol. The summed E-state index contributed by atoms with van der Waals surface area (Å²) in [5.74, 6) is 0.613. The number of methoxy groups -OCH3 is 1. The van der Waals surface area contributed by atoms with Crippen LogP contribution in [0.25, 0.3) is 11.0 Å². The Morgan fingerprint density at radius 3 is 2.23 bits per heavy atom. The number of nitrogens with zero attached hydrogens (tertiary/aromatic N) is 1. The second kappa shape index (κ2) is 7.80. The molecule has 0 spiro atoms. The van der Waals surface area contributed by atoms with E-state index in [1.165, 1.54) is 0 Å². The number of aryl methyl sites for hydroxylation is 2. The molecule has 0 unspecified atom stereocenters.